The number of benzene rings is 2. The zero-order valence-electron chi connectivity index (χ0n) is 20.8. The van der Waals surface area contributed by atoms with Crippen LogP contribution in [-0.4, -0.2) is 43.1 Å². The van der Waals surface area contributed by atoms with Gasteiger partial charge in [-0.2, -0.15) is 26.3 Å². The number of carbonyl (C=O) groups excluding carboxylic acids is 1. The number of likely N-dealkylation sites (tertiary alicyclic amines) is 1. The predicted molar refractivity (Wildman–Crippen MR) is 133 cm³/mol. The lowest BCUT2D eigenvalue weighted by atomic mass is 9.86. The summed E-state index contributed by atoms with van der Waals surface area (Å²) < 4.78 is 86.4. The third-order valence-electron chi connectivity index (χ3n) is 7.24. The lowest BCUT2D eigenvalue weighted by Crippen LogP contribution is -2.49. The van der Waals surface area contributed by atoms with Gasteiger partial charge in [0.25, 0.3) is 0 Å². The molecule has 2 aromatic carbocycles. The summed E-state index contributed by atoms with van der Waals surface area (Å²) in [4.78, 5) is 15.0. The molecule has 0 aliphatic carbocycles. The quantitative estimate of drug-likeness (QED) is 0.416. The van der Waals surface area contributed by atoms with Crippen LogP contribution >= 0.6 is 12.4 Å². The first-order chi connectivity index (χ1) is 17.4. The molecule has 0 unspecified atom stereocenters. The summed E-state index contributed by atoms with van der Waals surface area (Å²) in [5.41, 5.74) is -2.02. The first kappa shape index (κ1) is 30.2. The molecule has 0 spiro atoms. The minimum atomic E-state index is -4.93. The number of ether oxygens (including phenoxy) is 1. The Morgan fingerprint density at radius 2 is 1.53 bits per heavy atom. The van der Waals surface area contributed by atoms with Gasteiger partial charge in [-0.15, -0.1) is 12.4 Å². The molecule has 2 aliphatic rings. The maximum absolute atomic E-state index is 13.4. The summed E-state index contributed by atoms with van der Waals surface area (Å²) in [5, 5.41) is 3.25. The number of nitrogens with one attached hydrogen (secondary N) is 1. The Labute approximate surface area is 224 Å². The number of hydrogen-bond donors (Lipinski definition) is 1. The predicted octanol–water partition coefficient (Wildman–Crippen LogP) is 6.61. The molecule has 0 radical (unpaired) electrons. The average Bonchev–Trinajstić information content (AvgIpc) is 2.88. The second-order valence-corrected chi connectivity index (χ2v) is 9.77. The number of amides is 1. The van der Waals surface area contributed by atoms with E-state index in [9.17, 15) is 31.1 Å². The van der Waals surface area contributed by atoms with Crippen molar-refractivity contribution in [1.82, 2.24) is 10.2 Å². The summed E-state index contributed by atoms with van der Waals surface area (Å²) in [5.74, 6) is -0.238. The normalized spacial score (nSPS) is 22.0. The molecule has 0 saturated carbocycles. The van der Waals surface area contributed by atoms with E-state index in [0.29, 0.717) is 31.6 Å². The second kappa shape index (κ2) is 12.3. The van der Waals surface area contributed by atoms with Gasteiger partial charge >= 0.3 is 12.4 Å². The molecule has 2 aliphatic heterocycles. The first-order valence-electron chi connectivity index (χ1n) is 12.4. The summed E-state index contributed by atoms with van der Waals surface area (Å²) in [6.07, 6.45) is -9.42. The highest BCUT2D eigenvalue weighted by Crippen LogP contribution is 2.39. The van der Waals surface area contributed by atoms with E-state index >= 15 is 0 Å². The molecular weight excluding hydrogens is 534 g/mol. The summed E-state index contributed by atoms with van der Waals surface area (Å²) in [7, 11) is 0. The van der Waals surface area contributed by atoms with Gasteiger partial charge in [-0.1, -0.05) is 30.3 Å². The van der Waals surface area contributed by atoms with E-state index in [4.69, 9.17) is 4.74 Å². The third kappa shape index (κ3) is 7.21. The lowest BCUT2D eigenvalue weighted by molar-refractivity contribution is -0.143. The molecule has 3 atom stereocenters. The fourth-order valence-corrected chi connectivity index (χ4v) is 5.20. The number of carbonyl (C=O) groups is 1. The third-order valence-corrected chi connectivity index (χ3v) is 7.24. The van der Waals surface area contributed by atoms with Gasteiger partial charge in [0.15, 0.2) is 0 Å². The maximum Gasteiger partial charge on any atom is 0.416 e. The van der Waals surface area contributed by atoms with Gasteiger partial charge in [0.1, 0.15) is 0 Å². The second-order valence-electron chi connectivity index (χ2n) is 9.77. The van der Waals surface area contributed by atoms with Crippen molar-refractivity contribution in [1.29, 1.82) is 0 Å². The SMILES string of the molecule is C[C@@H](O[C@H]1CCN(C(=O)C2CCNCC2)C[C@H]1c1ccccc1)c1cc(C(F)(F)F)cc(C(F)(F)F)c1.Cl. The molecule has 4 rings (SSSR count). The van der Waals surface area contributed by atoms with Crippen LogP contribution in [0.25, 0.3) is 0 Å². The van der Waals surface area contributed by atoms with Gasteiger partial charge in [-0.3, -0.25) is 4.79 Å². The van der Waals surface area contributed by atoms with Crippen molar-refractivity contribution in [3.8, 4) is 0 Å². The monoisotopic (exact) mass is 564 g/mol. The summed E-state index contributed by atoms with van der Waals surface area (Å²) in [6, 6.07) is 10.9. The van der Waals surface area contributed by atoms with Crippen LogP contribution in [0.5, 0.6) is 0 Å². The minimum absolute atomic E-state index is 0. The fourth-order valence-electron chi connectivity index (χ4n) is 5.20. The molecule has 1 amide bonds. The highest BCUT2D eigenvalue weighted by atomic mass is 35.5. The molecule has 2 fully saturated rings. The Balaban J connectivity index is 0.00000400. The molecular formula is C27H31ClF6N2O2. The number of nitrogens with zero attached hydrogens (tertiary/aromatic N) is 1. The largest absolute Gasteiger partial charge is 0.416 e. The van der Waals surface area contributed by atoms with E-state index in [1.165, 1.54) is 6.92 Å². The minimum Gasteiger partial charge on any atom is -0.370 e. The van der Waals surface area contributed by atoms with E-state index in [2.05, 4.69) is 5.32 Å². The van der Waals surface area contributed by atoms with E-state index in [0.717, 1.165) is 31.5 Å². The summed E-state index contributed by atoms with van der Waals surface area (Å²) >= 11 is 0. The number of halogens is 7. The van der Waals surface area contributed by atoms with E-state index in [-0.39, 0.29) is 41.8 Å². The van der Waals surface area contributed by atoms with Gasteiger partial charge in [0.2, 0.25) is 5.91 Å². The first-order valence-corrected chi connectivity index (χ1v) is 12.4. The summed E-state index contributed by atoms with van der Waals surface area (Å²) in [6.45, 7) is 3.82. The Morgan fingerprint density at radius 1 is 0.947 bits per heavy atom. The van der Waals surface area contributed by atoms with Crippen LogP contribution in [0, 0.1) is 5.92 Å². The van der Waals surface area contributed by atoms with E-state index < -0.39 is 35.7 Å². The van der Waals surface area contributed by atoms with Crippen LogP contribution in [0.2, 0.25) is 0 Å². The van der Waals surface area contributed by atoms with Crippen molar-refractivity contribution in [2.24, 2.45) is 5.92 Å². The standard InChI is InChI=1S/C27H30F6N2O2.ClH/c1-17(20-13-21(26(28,29)30)15-22(14-20)27(31,32)33)37-24-9-12-35(25(36)19-7-10-34-11-8-19)16-23(24)18-5-3-2-4-6-18;/h2-6,13-15,17,19,23-24,34H,7-12,16H2,1H3;1H/t17-,23+,24+;/m1./s1. The molecule has 0 bridgehead atoms. The molecule has 11 heteroatoms. The van der Waals surface area contributed by atoms with Crippen molar-refractivity contribution in [2.45, 2.75) is 56.7 Å². The Morgan fingerprint density at radius 3 is 2.08 bits per heavy atom. The van der Waals surface area contributed by atoms with Gasteiger partial charge < -0.3 is 15.0 Å². The number of alkyl halides is 6. The van der Waals surface area contributed by atoms with Crippen molar-refractivity contribution in [3.63, 3.8) is 0 Å². The van der Waals surface area contributed by atoms with Crippen molar-refractivity contribution >= 4 is 18.3 Å². The Kier molecular flexibility index (Phi) is 9.76. The van der Waals surface area contributed by atoms with Crippen LogP contribution in [0.1, 0.15) is 60.5 Å². The van der Waals surface area contributed by atoms with Crippen LogP contribution in [0.3, 0.4) is 0 Å². The van der Waals surface area contributed by atoms with Gasteiger partial charge in [-0.25, -0.2) is 0 Å². The van der Waals surface area contributed by atoms with Crippen LogP contribution in [-0.2, 0) is 21.9 Å². The topological polar surface area (TPSA) is 41.6 Å². The van der Waals surface area contributed by atoms with Crippen molar-refractivity contribution < 1.29 is 35.9 Å². The molecule has 38 heavy (non-hydrogen) atoms. The zero-order valence-corrected chi connectivity index (χ0v) is 21.6. The molecule has 2 aromatic rings. The van der Waals surface area contributed by atoms with Crippen LogP contribution < -0.4 is 5.32 Å². The average molecular weight is 565 g/mol. The van der Waals surface area contributed by atoms with Crippen molar-refractivity contribution in [2.75, 3.05) is 26.2 Å². The highest BCUT2D eigenvalue weighted by Gasteiger charge is 2.39. The molecule has 2 saturated heterocycles. The van der Waals surface area contributed by atoms with Crippen LogP contribution in [0.15, 0.2) is 48.5 Å². The number of hydrogen-bond acceptors (Lipinski definition) is 3. The van der Waals surface area contributed by atoms with E-state index in [1.54, 1.807) is 0 Å². The number of rotatable bonds is 5. The molecule has 1 N–H and O–H groups in total. The Bertz CT molecular complexity index is 1040. The van der Waals surface area contributed by atoms with Crippen molar-refractivity contribution in [3.05, 3.63) is 70.8 Å². The smallest absolute Gasteiger partial charge is 0.370 e. The molecule has 0 aromatic heterocycles. The number of piperidine rings is 2. The highest BCUT2D eigenvalue weighted by molar-refractivity contribution is 5.85. The van der Waals surface area contributed by atoms with E-state index in [1.807, 2.05) is 35.2 Å². The van der Waals surface area contributed by atoms with Gasteiger partial charge in [0.05, 0.1) is 23.3 Å². The lowest BCUT2D eigenvalue weighted by Gasteiger charge is -2.41. The van der Waals surface area contributed by atoms with Gasteiger partial charge in [-0.05, 0) is 68.6 Å². The van der Waals surface area contributed by atoms with Gasteiger partial charge in [0, 0.05) is 24.9 Å². The zero-order chi connectivity index (χ0) is 26.8. The maximum atomic E-state index is 13.4. The fraction of sp³-hybridized carbons (Fsp3) is 0.519. The van der Waals surface area contributed by atoms with Crippen LogP contribution in [0.4, 0.5) is 26.3 Å². The Hall–Kier alpha value is -2.30. The molecule has 4 nitrogen and oxygen atoms in total. The molecule has 210 valence electrons. The molecule has 2 heterocycles.